The van der Waals surface area contributed by atoms with Crippen LogP contribution in [0.2, 0.25) is 4.34 Å². The lowest BCUT2D eigenvalue weighted by molar-refractivity contribution is 0.178. The van der Waals surface area contributed by atoms with Crippen LogP contribution in [-0.2, 0) is 12.0 Å². The van der Waals surface area contributed by atoms with Gasteiger partial charge in [-0.05, 0) is 12.1 Å². The molecular weight excluding hydrogens is 312 g/mol. The highest BCUT2D eigenvalue weighted by atomic mass is 35.5. The molecule has 0 spiro atoms. The van der Waals surface area contributed by atoms with Crippen molar-refractivity contribution in [2.24, 2.45) is 0 Å². The smallest absolute Gasteiger partial charge is 0.101 e. The Kier molecular flexibility index (Phi) is 5.20. The molecule has 0 bridgehead atoms. The highest BCUT2D eigenvalue weighted by Crippen LogP contribution is 2.27. The Hall–Kier alpha value is -0.460. The van der Waals surface area contributed by atoms with Crippen molar-refractivity contribution in [3.8, 4) is 0 Å². The highest BCUT2D eigenvalue weighted by molar-refractivity contribution is 7.16. The Bertz CT molecular complexity index is 560. The predicted molar refractivity (Wildman–Crippen MR) is 86.8 cm³/mol. The molecule has 0 amide bonds. The van der Waals surface area contributed by atoms with Gasteiger partial charge < -0.3 is 10.4 Å². The molecule has 0 aliphatic carbocycles. The molecule has 0 saturated carbocycles. The van der Waals surface area contributed by atoms with Gasteiger partial charge in [0.15, 0.2) is 0 Å². The summed E-state index contributed by atoms with van der Waals surface area (Å²) < 4.78 is 0.702. The van der Waals surface area contributed by atoms with Gasteiger partial charge in [0.2, 0.25) is 0 Å². The lowest BCUT2D eigenvalue weighted by atomic mass is 9.98. The number of nitrogens with one attached hydrogen (secondary N) is 1. The van der Waals surface area contributed by atoms with Crippen LogP contribution in [0.1, 0.15) is 42.5 Å². The first kappa shape index (κ1) is 15.9. The van der Waals surface area contributed by atoms with Crippen LogP contribution in [0.25, 0.3) is 0 Å². The predicted octanol–water partition coefficient (Wildman–Crippen LogP) is 3.98. The highest BCUT2D eigenvalue weighted by Gasteiger charge is 2.18. The van der Waals surface area contributed by atoms with Crippen LogP contribution in [0, 0.1) is 0 Å². The number of thiophene rings is 1. The fourth-order valence-corrected chi connectivity index (χ4v) is 3.63. The van der Waals surface area contributed by atoms with E-state index in [1.807, 2.05) is 6.07 Å². The Morgan fingerprint density at radius 3 is 2.70 bits per heavy atom. The topological polar surface area (TPSA) is 45.2 Å². The molecule has 6 heteroatoms. The molecule has 20 heavy (non-hydrogen) atoms. The number of aliphatic hydroxyl groups is 1. The van der Waals surface area contributed by atoms with Crippen LogP contribution in [0.4, 0.5) is 0 Å². The first-order valence-corrected chi connectivity index (χ1v) is 8.52. The third kappa shape index (κ3) is 4.27. The van der Waals surface area contributed by atoms with E-state index >= 15 is 0 Å². The number of rotatable bonds is 5. The normalized spacial score (nSPS) is 13.7. The number of thiazole rings is 1. The first-order valence-electron chi connectivity index (χ1n) is 6.45. The number of hydrogen-bond donors (Lipinski definition) is 2. The molecule has 0 saturated heterocycles. The Balaban J connectivity index is 1.82. The van der Waals surface area contributed by atoms with Gasteiger partial charge in [-0.15, -0.1) is 22.7 Å². The van der Waals surface area contributed by atoms with E-state index in [1.54, 1.807) is 17.4 Å². The zero-order valence-corrected chi connectivity index (χ0v) is 14.2. The molecule has 0 fully saturated rings. The minimum absolute atomic E-state index is 0.0934. The third-order valence-electron chi connectivity index (χ3n) is 2.76. The van der Waals surface area contributed by atoms with Crippen LogP contribution < -0.4 is 5.32 Å². The molecule has 0 aliphatic heterocycles. The maximum absolute atomic E-state index is 10.0. The van der Waals surface area contributed by atoms with Crippen molar-refractivity contribution >= 4 is 34.3 Å². The second kappa shape index (κ2) is 6.54. The zero-order chi connectivity index (χ0) is 14.8. The molecule has 0 aromatic carbocycles. The Morgan fingerprint density at radius 1 is 1.40 bits per heavy atom. The van der Waals surface area contributed by atoms with Crippen molar-refractivity contribution in [1.82, 2.24) is 10.3 Å². The van der Waals surface area contributed by atoms with E-state index in [0.29, 0.717) is 17.4 Å². The van der Waals surface area contributed by atoms with Gasteiger partial charge in [0.05, 0.1) is 15.0 Å². The lowest BCUT2D eigenvalue weighted by Crippen LogP contribution is -2.21. The van der Waals surface area contributed by atoms with E-state index in [2.05, 4.69) is 36.5 Å². The Labute approximate surface area is 132 Å². The van der Waals surface area contributed by atoms with Gasteiger partial charge in [-0.3, -0.25) is 0 Å². The monoisotopic (exact) mass is 330 g/mol. The number of aliphatic hydroxyl groups excluding tert-OH is 1. The molecule has 3 nitrogen and oxygen atoms in total. The lowest BCUT2D eigenvalue weighted by Gasteiger charge is -2.13. The van der Waals surface area contributed by atoms with Crippen LogP contribution in [-0.4, -0.2) is 16.6 Å². The van der Waals surface area contributed by atoms with E-state index in [0.717, 1.165) is 15.6 Å². The summed E-state index contributed by atoms with van der Waals surface area (Å²) in [5.74, 6) is 0. The minimum atomic E-state index is -0.520. The second-order valence-electron chi connectivity index (χ2n) is 5.68. The van der Waals surface area contributed by atoms with E-state index in [9.17, 15) is 5.11 Å². The maximum Gasteiger partial charge on any atom is 0.101 e. The van der Waals surface area contributed by atoms with Crippen molar-refractivity contribution in [2.75, 3.05) is 6.54 Å². The van der Waals surface area contributed by atoms with Gasteiger partial charge in [-0.1, -0.05) is 32.4 Å². The quantitative estimate of drug-likeness (QED) is 0.871. The van der Waals surface area contributed by atoms with Crippen LogP contribution in [0.5, 0.6) is 0 Å². The van der Waals surface area contributed by atoms with Crippen LogP contribution in [0.15, 0.2) is 17.5 Å². The van der Waals surface area contributed by atoms with E-state index in [-0.39, 0.29) is 5.41 Å². The van der Waals surface area contributed by atoms with Crippen molar-refractivity contribution in [3.05, 3.63) is 37.4 Å². The second-order valence-corrected chi connectivity index (χ2v) is 8.29. The van der Waals surface area contributed by atoms with E-state index in [1.165, 1.54) is 11.3 Å². The fourth-order valence-electron chi connectivity index (χ4n) is 1.68. The van der Waals surface area contributed by atoms with Gasteiger partial charge >= 0.3 is 0 Å². The zero-order valence-electron chi connectivity index (χ0n) is 11.8. The average molecular weight is 331 g/mol. The molecule has 2 rings (SSSR count). The summed E-state index contributed by atoms with van der Waals surface area (Å²) in [4.78, 5) is 5.50. The number of halogens is 1. The van der Waals surface area contributed by atoms with Crippen LogP contribution in [0.3, 0.4) is 0 Å². The van der Waals surface area contributed by atoms with Gasteiger partial charge in [0, 0.05) is 28.8 Å². The summed E-state index contributed by atoms with van der Waals surface area (Å²) in [6.07, 6.45) is -0.520. The molecule has 2 N–H and O–H groups in total. The summed E-state index contributed by atoms with van der Waals surface area (Å²) in [5.41, 5.74) is 1.12. The third-order valence-corrected chi connectivity index (χ3v) is 5.41. The van der Waals surface area contributed by atoms with Crippen molar-refractivity contribution in [3.63, 3.8) is 0 Å². The average Bonchev–Trinajstić information content (AvgIpc) is 2.97. The summed E-state index contributed by atoms with van der Waals surface area (Å²) in [6, 6.07) is 3.67. The van der Waals surface area contributed by atoms with Crippen molar-refractivity contribution in [1.29, 1.82) is 0 Å². The SMILES string of the molecule is CC(C)(C)c1nc(CNCC(O)c2ccc(Cl)s2)cs1. The maximum atomic E-state index is 10.0. The number of nitrogens with zero attached hydrogens (tertiary/aromatic N) is 1. The summed E-state index contributed by atoms with van der Waals surface area (Å²) in [5, 5.41) is 16.5. The molecule has 0 radical (unpaired) electrons. The molecule has 2 aromatic rings. The molecule has 110 valence electrons. The van der Waals surface area contributed by atoms with Gasteiger partial charge in [0.25, 0.3) is 0 Å². The van der Waals surface area contributed by atoms with E-state index in [4.69, 9.17) is 11.6 Å². The van der Waals surface area contributed by atoms with Gasteiger partial charge in [-0.25, -0.2) is 4.98 Å². The molecule has 1 unspecified atom stereocenters. The molecule has 2 aromatic heterocycles. The summed E-state index contributed by atoms with van der Waals surface area (Å²) in [6.45, 7) is 7.65. The molecular formula is C14H19ClN2OS2. The standard InChI is InChI=1S/C14H19ClN2OS2/c1-14(2,3)13-17-9(8-19-13)6-16-7-10(18)11-4-5-12(15)20-11/h4-5,8,10,16,18H,6-7H2,1-3H3. The number of aromatic nitrogens is 1. The number of hydrogen-bond acceptors (Lipinski definition) is 5. The van der Waals surface area contributed by atoms with Gasteiger partial charge in [0.1, 0.15) is 6.10 Å². The summed E-state index contributed by atoms with van der Waals surface area (Å²) >= 11 is 8.96. The van der Waals surface area contributed by atoms with E-state index < -0.39 is 6.10 Å². The molecule has 1 atom stereocenters. The van der Waals surface area contributed by atoms with Crippen LogP contribution >= 0.6 is 34.3 Å². The fraction of sp³-hybridized carbons (Fsp3) is 0.500. The molecule has 0 aliphatic rings. The Morgan fingerprint density at radius 2 is 2.15 bits per heavy atom. The largest absolute Gasteiger partial charge is 0.386 e. The van der Waals surface area contributed by atoms with Gasteiger partial charge in [-0.2, -0.15) is 0 Å². The van der Waals surface area contributed by atoms with Crippen molar-refractivity contribution < 1.29 is 5.11 Å². The summed E-state index contributed by atoms with van der Waals surface area (Å²) in [7, 11) is 0. The molecule has 2 heterocycles. The first-order chi connectivity index (χ1) is 9.36. The van der Waals surface area contributed by atoms with Crippen molar-refractivity contribution in [2.45, 2.75) is 38.8 Å². The minimum Gasteiger partial charge on any atom is -0.386 e.